The first-order chi connectivity index (χ1) is 11.4. The van der Waals surface area contributed by atoms with Crippen LogP contribution in [0.4, 0.5) is 0 Å². The Hall–Kier alpha value is -1.90. The number of hydrogen-bond acceptors (Lipinski definition) is 6. The van der Waals surface area contributed by atoms with Gasteiger partial charge in [0.15, 0.2) is 16.2 Å². The molecule has 8 nitrogen and oxygen atoms in total. The number of aromatic nitrogens is 1. The first kappa shape index (κ1) is 15.6. The van der Waals surface area contributed by atoms with Gasteiger partial charge in [0, 0.05) is 19.0 Å². The number of nitrogens with zero attached hydrogens (tertiary/aromatic N) is 3. The number of hydrogen-bond donors (Lipinski definition) is 0. The number of carbonyl (C=O) groups is 2. The van der Waals surface area contributed by atoms with Gasteiger partial charge in [-0.3, -0.25) is 9.59 Å². The molecule has 2 amide bonds. The molecule has 24 heavy (non-hydrogen) atoms. The number of fused-ring (bicyclic) bond motifs is 1. The first-order valence-corrected chi connectivity index (χ1v) is 9.91. The predicted octanol–water partition coefficient (Wildman–Crippen LogP) is -0.157. The molecule has 9 heteroatoms. The quantitative estimate of drug-likeness (QED) is 0.732. The Balaban J connectivity index is 1.63. The summed E-state index contributed by atoms with van der Waals surface area (Å²) in [5.41, 5.74) is 0.480. The standard InChI is InChI=1S/C15H19N3O5S/c1-9-13(23-8-16-9)15(20)18-5-4-17(14(19)10-2-3-10)11-6-24(21,22)7-12(11)18/h8,10-12H,2-7H2,1H3/t11-,12+/m1/s1. The van der Waals surface area contributed by atoms with Gasteiger partial charge in [0.2, 0.25) is 11.7 Å². The third-order valence-electron chi connectivity index (χ3n) is 5.09. The second-order valence-electron chi connectivity index (χ2n) is 6.78. The molecule has 1 aromatic rings. The van der Waals surface area contributed by atoms with Gasteiger partial charge in [-0.15, -0.1) is 0 Å². The summed E-state index contributed by atoms with van der Waals surface area (Å²) in [6.07, 6.45) is 2.96. The van der Waals surface area contributed by atoms with E-state index in [2.05, 4.69) is 4.98 Å². The number of rotatable bonds is 2. The predicted molar refractivity (Wildman–Crippen MR) is 82.9 cm³/mol. The molecule has 0 spiro atoms. The van der Waals surface area contributed by atoms with Crippen molar-refractivity contribution < 1.29 is 22.4 Å². The highest BCUT2D eigenvalue weighted by Gasteiger charge is 2.51. The van der Waals surface area contributed by atoms with E-state index >= 15 is 0 Å². The Kier molecular flexibility index (Phi) is 3.45. The van der Waals surface area contributed by atoms with Crippen molar-refractivity contribution in [2.45, 2.75) is 31.8 Å². The minimum atomic E-state index is -3.28. The number of oxazole rings is 1. The lowest BCUT2D eigenvalue weighted by Crippen LogP contribution is -2.62. The van der Waals surface area contributed by atoms with E-state index in [9.17, 15) is 18.0 Å². The summed E-state index contributed by atoms with van der Waals surface area (Å²) < 4.78 is 29.5. The number of amides is 2. The van der Waals surface area contributed by atoms with E-state index in [1.165, 1.54) is 6.39 Å². The van der Waals surface area contributed by atoms with Crippen LogP contribution in [-0.4, -0.2) is 71.7 Å². The Labute approximate surface area is 139 Å². The van der Waals surface area contributed by atoms with Gasteiger partial charge in [0.1, 0.15) is 0 Å². The molecule has 2 saturated heterocycles. The molecule has 1 aromatic heterocycles. The summed E-state index contributed by atoms with van der Waals surface area (Å²) >= 11 is 0. The van der Waals surface area contributed by atoms with Crippen LogP contribution in [0.5, 0.6) is 0 Å². The zero-order valence-corrected chi connectivity index (χ0v) is 14.2. The van der Waals surface area contributed by atoms with Crippen LogP contribution in [0.25, 0.3) is 0 Å². The minimum absolute atomic E-state index is 0.0324. The SMILES string of the molecule is Cc1ncoc1C(=O)N1CCN(C(=O)C2CC2)[C@@H]2CS(=O)(=O)C[C@@H]21. The highest BCUT2D eigenvalue weighted by atomic mass is 32.2. The van der Waals surface area contributed by atoms with Gasteiger partial charge in [-0.2, -0.15) is 0 Å². The summed E-state index contributed by atoms with van der Waals surface area (Å²) in [7, 11) is -3.28. The van der Waals surface area contributed by atoms with E-state index < -0.39 is 21.9 Å². The van der Waals surface area contributed by atoms with E-state index in [4.69, 9.17) is 4.42 Å². The molecule has 130 valence electrons. The Bertz CT molecular complexity index is 798. The Morgan fingerprint density at radius 2 is 1.79 bits per heavy atom. The highest BCUT2D eigenvalue weighted by molar-refractivity contribution is 7.91. The van der Waals surface area contributed by atoms with Crippen LogP contribution in [0.15, 0.2) is 10.8 Å². The Morgan fingerprint density at radius 1 is 1.17 bits per heavy atom. The van der Waals surface area contributed by atoms with E-state index in [-0.39, 0.29) is 35.0 Å². The summed E-state index contributed by atoms with van der Waals surface area (Å²) in [6, 6.07) is -0.965. The van der Waals surface area contributed by atoms with Crippen LogP contribution >= 0.6 is 0 Å². The molecule has 3 aliphatic rings. The summed E-state index contributed by atoms with van der Waals surface area (Å²) in [5.74, 6) is -0.325. The second kappa shape index (κ2) is 5.30. The fourth-order valence-corrected chi connectivity index (χ4v) is 5.66. The summed E-state index contributed by atoms with van der Waals surface area (Å²) in [4.78, 5) is 32.4. The average Bonchev–Trinajstić information content (AvgIpc) is 3.20. The molecule has 1 saturated carbocycles. The normalized spacial score (nSPS) is 28.7. The maximum atomic E-state index is 12.8. The third-order valence-corrected chi connectivity index (χ3v) is 6.79. The van der Waals surface area contributed by atoms with E-state index in [0.29, 0.717) is 18.8 Å². The molecule has 0 bridgehead atoms. The summed E-state index contributed by atoms with van der Waals surface area (Å²) in [6.45, 7) is 2.35. The van der Waals surface area contributed by atoms with Crippen molar-refractivity contribution in [2.75, 3.05) is 24.6 Å². The van der Waals surface area contributed by atoms with Gasteiger partial charge in [-0.05, 0) is 19.8 Å². The minimum Gasteiger partial charge on any atom is -0.438 e. The van der Waals surface area contributed by atoms with Gasteiger partial charge in [-0.25, -0.2) is 13.4 Å². The van der Waals surface area contributed by atoms with Gasteiger partial charge >= 0.3 is 0 Å². The van der Waals surface area contributed by atoms with Crippen molar-refractivity contribution in [3.05, 3.63) is 17.8 Å². The topological polar surface area (TPSA) is 101 Å². The van der Waals surface area contributed by atoms with E-state index in [1.807, 2.05) is 0 Å². The smallest absolute Gasteiger partial charge is 0.291 e. The van der Waals surface area contributed by atoms with Crippen LogP contribution in [0, 0.1) is 12.8 Å². The molecule has 0 radical (unpaired) electrons. The molecule has 0 unspecified atom stereocenters. The lowest BCUT2D eigenvalue weighted by atomic mass is 10.0. The zero-order chi connectivity index (χ0) is 17.1. The maximum Gasteiger partial charge on any atom is 0.291 e. The molecule has 4 rings (SSSR count). The van der Waals surface area contributed by atoms with Crippen LogP contribution in [0.3, 0.4) is 0 Å². The van der Waals surface area contributed by atoms with Gasteiger partial charge < -0.3 is 14.2 Å². The number of piperazine rings is 1. The van der Waals surface area contributed by atoms with Crippen LogP contribution in [0.1, 0.15) is 29.1 Å². The first-order valence-electron chi connectivity index (χ1n) is 8.09. The second-order valence-corrected chi connectivity index (χ2v) is 8.94. The maximum absolute atomic E-state index is 12.8. The highest BCUT2D eigenvalue weighted by Crippen LogP contribution is 2.35. The van der Waals surface area contributed by atoms with Crippen LogP contribution in [0.2, 0.25) is 0 Å². The number of aryl methyl sites for hydroxylation is 1. The molecule has 3 heterocycles. The molecule has 2 atom stereocenters. The van der Waals surface area contributed by atoms with Gasteiger partial charge in [0.05, 0.1) is 29.3 Å². The number of sulfone groups is 1. The zero-order valence-electron chi connectivity index (χ0n) is 13.3. The van der Waals surface area contributed by atoms with Crippen molar-refractivity contribution in [2.24, 2.45) is 5.92 Å². The average molecular weight is 353 g/mol. The number of carbonyl (C=O) groups excluding carboxylic acids is 2. The molecule has 0 aromatic carbocycles. The molecule has 0 N–H and O–H groups in total. The largest absolute Gasteiger partial charge is 0.438 e. The summed E-state index contributed by atoms with van der Waals surface area (Å²) in [5, 5.41) is 0. The van der Waals surface area contributed by atoms with E-state index in [1.54, 1.807) is 16.7 Å². The fraction of sp³-hybridized carbons (Fsp3) is 0.667. The monoisotopic (exact) mass is 353 g/mol. The van der Waals surface area contributed by atoms with Gasteiger partial charge in [-0.1, -0.05) is 0 Å². The lowest BCUT2D eigenvalue weighted by Gasteiger charge is -2.43. The van der Waals surface area contributed by atoms with E-state index in [0.717, 1.165) is 12.8 Å². The Morgan fingerprint density at radius 3 is 2.38 bits per heavy atom. The molecule has 1 aliphatic carbocycles. The van der Waals surface area contributed by atoms with Gasteiger partial charge in [0.25, 0.3) is 5.91 Å². The molecule has 3 fully saturated rings. The third kappa shape index (κ3) is 2.51. The molecular weight excluding hydrogens is 334 g/mol. The lowest BCUT2D eigenvalue weighted by molar-refractivity contribution is -0.137. The van der Waals surface area contributed by atoms with Crippen LogP contribution in [-0.2, 0) is 14.6 Å². The van der Waals surface area contributed by atoms with Crippen molar-refractivity contribution >= 4 is 21.7 Å². The van der Waals surface area contributed by atoms with Crippen molar-refractivity contribution in [1.82, 2.24) is 14.8 Å². The van der Waals surface area contributed by atoms with Crippen molar-refractivity contribution in [3.8, 4) is 0 Å². The fourth-order valence-electron chi connectivity index (χ4n) is 3.68. The molecular formula is C15H19N3O5S. The molecule has 2 aliphatic heterocycles. The van der Waals surface area contributed by atoms with Crippen LogP contribution < -0.4 is 0 Å². The van der Waals surface area contributed by atoms with Crippen molar-refractivity contribution in [1.29, 1.82) is 0 Å². The van der Waals surface area contributed by atoms with Crippen molar-refractivity contribution in [3.63, 3.8) is 0 Å².